The molecule has 1 aliphatic heterocycles. The number of carbonyl (C=O) groups is 1. The summed E-state index contributed by atoms with van der Waals surface area (Å²) in [6.07, 6.45) is 12.8. The second kappa shape index (κ2) is 11.3. The molecule has 1 amide bonds. The maximum absolute atomic E-state index is 13.0. The first-order valence-corrected chi connectivity index (χ1v) is 15.3. The molecule has 3 aliphatic rings. The van der Waals surface area contributed by atoms with Gasteiger partial charge in [-0.05, 0) is 93.2 Å². The molecule has 42 heavy (non-hydrogen) atoms. The van der Waals surface area contributed by atoms with Gasteiger partial charge in [0.25, 0.3) is 0 Å². The normalized spacial score (nSPS) is 19.6. The van der Waals surface area contributed by atoms with Crippen molar-refractivity contribution in [3.05, 3.63) is 66.5 Å². The third kappa shape index (κ3) is 5.43. The number of piperidine rings is 1. The molecule has 0 unspecified atom stereocenters. The van der Waals surface area contributed by atoms with Gasteiger partial charge in [-0.1, -0.05) is 30.7 Å². The van der Waals surface area contributed by atoms with E-state index in [9.17, 15) is 4.79 Å². The molecule has 216 valence electrons. The molecule has 1 saturated heterocycles. The number of anilines is 2. The highest BCUT2D eigenvalue weighted by Gasteiger charge is 2.48. The fourth-order valence-corrected chi connectivity index (χ4v) is 7.04. The smallest absolute Gasteiger partial charge is 0.228 e. The van der Waals surface area contributed by atoms with Gasteiger partial charge in [-0.25, -0.2) is 15.0 Å². The Hall–Kier alpha value is -4.04. The van der Waals surface area contributed by atoms with E-state index in [0.717, 1.165) is 65.0 Å². The van der Waals surface area contributed by atoms with Gasteiger partial charge in [0.1, 0.15) is 5.75 Å². The molecule has 3 fully saturated rings. The second-order valence-electron chi connectivity index (χ2n) is 12.4. The van der Waals surface area contributed by atoms with Gasteiger partial charge in [-0.2, -0.15) is 0 Å². The number of hydrogen-bond acceptors (Lipinski definition) is 7. The summed E-state index contributed by atoms with van der Waals surface area (Å²) in [4.78, 5) is 26.9. The Kier molecular flexibility index (Phi) is 7.24. The minimum absolute atomic E-state index is 0.0916. The molecular weight excluding hydrogens is 524 g/mol. The number of aryl methyl sites for hydroxylation is 1. The van der Waals surface area contributed by atoms with Gasteiger partial charge in [0.15, 0.2) is 0 Å². The number of nitrogens with one attached hydrogen (secondary N) is 3. The predicted molar refractivity (Wildman–Crippen MR) is 166 cm³/mol. The Morgan fingerprint density at radius 1 is 1.02 bits per heavy atom. The first-order chi connectivity index (χ1) is 20.6. The van der Waals surface area contributed by atoms with Crippen LogP contribution in [-0.4, -0.2) is 40.0 Å². The van der Waals surface area contributed by atoms with Crippen LogP contribution in [0.15, 0.2) is 60.9 Å². The lowest BCUT2D eigenvalue weighted by atomic mass is 9.51. The molecule has 3 N–H and O–H groups in total. The number of amides is 1. The van der Waals surface area contributed by atoms with Gasteiger partial charge in [-0.3, -0.25) is 4.79 Å². The number of aromatic nitrogens is 3. The van der Waals surface area contributed by atoms with E-state index < -0.39 is 0 Å². The number of pyridine rings is 1. The summed E-state index contributed by atoms with van der Waals surface area (Å²) in [6, 6.07) is 16.1. The molecule has 0 radical (unpaired) electrons. The van der Waals surface area contributed by atoms with Crippen LogP contribution in [-0.2, 0) is 4.79 Å². The van der Waals surface area contributed by atoms with Crippen molar-refractivity contribution < 1.29 is 9.53 Å². The number of rotatable bonds is 8. The van der Waals surface area contributed by atoms with Crippen molar-refractivity contribution in [3.8, 4) is 22.9 Å². The molecule has 1 spiro atoms. The number of carbonyl (C=O) groups excluding carboxylic acids is 1. The van der Waals surface area contributed by atoms with E-state index in [1.807, 2.05) is 49.4 Å². The summed E-state index contributed by atoms with van der Waals surface area (Å²) in [5.41, 5.74) is 3.90. The number of hydrogen-bond donors (Lipinski definition) is 3. The number of fused-ring (bicyclic) bond motifs is 1. The van der Waals surface area contributed by atoms with E-state index in [0.29, 0.717) is 35.6 Å². The van der Waals surface area contributed by atoms with Crippen molar-refractivity contribution in [1.29, 1.82) is 0 Å². The van der Waals surface area contributed by atoms with Crippen molar-refractivity contribution in [2.45, 2.75) is 64.3 Å². The van der Waals surface area contributed by atoms with Crippen LogP contribution in [0.5, 0.6) is 11.6 Å². The first-order valence-electron chi connectivity index (χ1n) is 15.3. The lowest BCUT2D eigenvalue weighted by Gasteiger charge is -2.54. The number of ether oxygens (including phenoxy) is 1. The van der Waals surface area contributed by atoms with Crippen LogP contribution in [0.25, 0.3) is 22.0 Å². The molecule has 8 nitrogen and oxygen atoms in total. The Morgan fingerprint density at radius 2 is 1.93 bits per heavy atom. The Morgan fingerprint density at radius 3 is 2.74 bits per heavy atom. The van der Waals surface area contributed by atoms with E-state index in [-0.39, 0.29) is 5.91 Å². The van der Waals surface area contributed by atoms with Crippen molar-refractivity contribution in [2.75, 3.05) is 23.7 Å². The summed E-state index contributed by atoms with van der Waals surface area (Å²) in [5.74, 6) is 2.40. The van der Waals surface area contributed by atoms with E-state index in [1.165, 1.54) is 32.1 Å². The lowest BCUT2D eigenvalue weighted by molar-refractivity contribution is -0.120. The highest BCUT2D eigenvalue weighted by molar-refractivity contribution is 6.04. The minimum Gasteiger partial charge on any atom is -0.437 e. The number of benzene rings is 2. The van der Waals surface area contributed by atoms with Gasteiger partial charge in [0.05, 0.1) is 11.3 Å². The van der Waals surface area contributed by atoms with Crippen molar-refractivity contribution >= 4 is 28.3 Å². The molecular formula is C34H38N6O2. The van der Waals surface area contributed by atoms with Crippen molar-refractivity contribution in [1.82, 2.24) is 20.3 Å². The van der Waals surface area contributed by atoms with Crippen LogP contribution in [0.2, 0.25) is 0 Å². The largest absolute Gasteiger partial charge is 0.437 e. The summed E-state index contributed by atoms with van der Waals surface area (Å²) in [7, 11) is 0. The molecule has 2 aromatic carbocycles. The molecule has 1 atom stereocenters. The average molecular weight is 563 g/mol. The van der Waals surface area contributed by atoms with Gasteiger partial charge in [-0.15, -0.1) is 0 Å². The standard InChI is InChI=1S/C34H38N6O2/c1-22-10-11-25-26(7-2-9-28(25)39-30(41)18-23-19-34(20-23)13-5-14-34)31(22)42-32-27(8-4-16-36-32)29-12-17-37-33(40-29)38-24-6-3-15-35-21-24/h2,4,7-12,16-17,23-24,35H,3,5-6,13-15,18-21H2,1H3,(H,39,41)(H,37,38,40)/t24-/m0/s1. The van der Waals surface area contributed by atoms with E-state index in [1.54, 1.807) is 12.4 Å². The third-order valence-electron chi connectivity index (χ3n) is 9.35. The number of nitrogens with zero attached hydrogens (tertiary/aromatic N) is 3. The first kappa shape index (κ1) is 26.8. The molecule has 2 saturated carbocycles. The average Bonchev–Trinajstić information content (AvgIpc) is 2.96. The molecule has 2 aliphatic carbocycles. The van der Waals surface area contributed by atoms with Crippen LogP contribution < -0.4 is 20.7 Å². The highest BCUT2D eigenvalue weighted by Crippen LogP contribution is 2.59. The van der Waals surface area contributed by atoms with Gasteiger partial charge < -0.3 is 20.7 Å². The van der Waals surface area contributed by atoms with Crippen LogP contribution in [0.1, 0.15) is 56.9 Å². The van der Waals surface area contributed by atoms with Gasteiger partial charge in [0, 0.05) is 47.9 Å². The minimum atomic E-state index is 0.0916. The zero-order valence-corrected chi connectivity index (χ0v) is 24.2. The zero-order chi connectivity index (χ0) is 28.5. The zero-order valence-electron chi connectivity index (χ0n) is 24.2. The van der Waals surface area contributed by atoms with E-state index >= 15 is 0 Å². The molecule has 7 rings (SSSR count). The third-order valence-corrected chi connectivity index (χ3v) is 9.35. The topological polar surface area (TPSA) is 101 Å². The summed E-state index contributed by atoms with van der Waals surface area (Å²) >= 11 is 0. The summed E-state index contributed by atoms with van der Waals surface area (Å²) in [6.45, 7) is 3.98. The summed E-state index contributed by atoms with van der Waals surface area (Å²) < 4.78 is 6.58. The second-order valence-corrected chi connectivity index (χ2v) is 12.4. The molecule has 8 heteroatoms. The fraction of sp³-hybridized carbons (Fsp3) is 0.412. The fourth-order valence-electron chi connectivity index (χ4n) is 7.04. The van der Waals surface area contributed by atoms with Crippen LogP contribution in [0.3, 0.4) is 0 Å². The van der Waals surface area contributed by atoms with E-state index in [2.05, 4.69) is 32.0 Å². The molecule has 2 aromatic heterocycles. The summed E-state index contributed by atoms with van der Waals surface area (Å²) in [5, 5.41) is 12.0. The van der Waals surface area contributed by atoms with E-state index in [4.69, 9.17) is 9.72 Å². The highest BCUT2D eigenvalue weighted by atomic mass is 16.5. The maximum atomic E-state index is 13.0. The maximum Gasteiger partial charge on any atom is 0.228 e. The van der Waals surface area contributed by atoms with Crippen molar-refractivity contribution in [2.24, 2.45) is 11.3 Å². The van der Waals surface area contributed by atoms with Gasteiger partial charge in [0.2, 0.25) is 17.7 Å². The molecule has 4 aromatic rings. The van der Waals surface area contributed by atoms with Crippen molar-refractivity contribution in [3.63, 3.8) is 0 Å². The molecule has 0 bridgehead atoms. The van der Waals surface area contributed by atoms with Crippen LogP contribution >= 0.6 is 0 Å². The Bertz CT molecular complexity index is 1600. The lowest BCUT2D eigenvalue weighted by Crippen LogP contribution is -2.43. The predicted octanol–water partition coefficient (Wildman–Crippen LogP) is 6.87. The van der Waals surface area contributed by atoms with Crippen LogP contribution in [0, 0.1) is 18.3 Å². The quantitative estimate of drug-likeness (QED) is 0.216. The monoisotopic (exact) mass is 562 g/mol. The SMILES string of the molecule is Cc1ccc2c(NC(=O)CC3CC4(CCC4)C3)cccc2c1Oc1ncccc1-c1ccnc(N[C@H]2CCCNC2)n1. The van der Waals surface area contributed by atoms with Gasteiger partial charge >= 0.3 is 0 Å². The Labute approximate surface area is 246 Å². The van der Waals surface area contributed by atoms with Crippen LogP contribution in [0.4, 0.5) is 11.6 Å². The Balaban J connectivity index is 1.12. The molecule has 3 heterocycles.